The molecular formula is C8H14F3InN2. The van der Waals surface area contributed by atoms with Crippen molar-refractivity contribution in [2.75, 3.05) is 6.54 Å². The van der Waals surface area contributed by atoms with E-state index in [1.165, 1.54) is 2.89 Å². The zero-order valence-corrected chi connectivity index (χ0v) is 11.9. The van der Waals surface area contributed by atoms with Crippen molar-refractivity contribution in [3.05, 3.63) is 0 Å². The molecule has 0 bridgehead atoms. The average Bonchev–Trinajstić information content (AvgIpc) is 1.96. The maximum absolute atomic E-state index is 12.1. The van der Waals surface area contributed by atoms with Gasteiger partial charge in [0.25, 0.3) is 0 Å². The van der Waals surface area contributed by atoms with Gasteiger partial charge in [-0.25, -0.2) is 0 Å². The van der Waals surface area contributed by atoms with E-state index in [2.05, 4.69) is 4.99 Å². The van der Waals surface area contributed by atoms with Crippen molar-refractivity contribution >= 4 is 30.5 Å². The van der Waals surface area contributed by atoms with Gasteiger partial charge in [0.1, 0.15) is 0 Å². The summed E-state index contributed by atoms with van der Waals surface area (Å²) < 4.78 is 37.5. The second-order valence-corrected chi connectivity index (χ2v) is 5.01. The van der Waals surface area contributed by atoms with E-state index in [1.54, 1.807) is 0 Å². The standard InChI is InChI=1S/C8H14F3N2.In/c1-4-7(13-6(2)3)12-5-8(9,10)11;/h6H,4-5H2,1-3H3;/q-1;+1. The van der Waals surface area contributed by atoms with Gasteiger partial charge < -0.3 is 0 Å². The molecule has 0 unspecified atom stereocenters. The number of aliphatic imine (C=N–C) groups is 1. The Morgan fingerprint density at radius 3 is 2.21 bits per heavy atom. The van der Waals surface area contributed by atoms with Crippen LogP contribution in [0.3, 0.4) is 0 Å². The van der Waals surface area contributed by atoms with Crippen LogP contribution in [0.2, 0.25) is 0 Å². The van der Waals surface area contributed by atoms with E-state index < -0.39 is 12.7 Å². The van der Waals surface area contributed by atoms with Crippen molar-refractivity contribution in [2.24, 2.45) is 4.99 Å². The zero-order valence-electron chi connectivity index (χ0n) is 8.60. The monoisotopic (exact) mass is 310 g/mol. The predicted octanol–water partition coefficient (Wildman–Crippen LogP) is 2.15. The summed E-state index contributed by atoms with van der Waals surface area (Å²) in [5, 5.41) is 0. The van der Waals surface area contributed by atoms with Crippen molar-refractivity contribution in [1.82, 2.24) is 2.89 Å². The van der Waals surface area contributed by atoms with E-state index in [4.69, 9.17) is 0 Å². The van der Waals surface area contributed by atoms with Crippen LogP contribution < -0.4 is 0 Å². The molecule has 0 fully saturated rings. The molecule has 2 radical (unpaired) electrons. The molecule has 0 saturated carbocycles. The van der Waals surface area contributed by atoms with Crippen molar-refractivity contribution in [3.8, 4) is 0 Å². The summed E-state index contributed by atoms with van der Waals surface area (Å²) in [7, 11) is 0. The molecule has 0 spiro atoms. The Hall–Kier alpha value is 0.130. The quantitative estimate of drug-likeness (QED) is 0.576. The van der Waals surface area contributed by atoms with Crippen molar-refractivity contribution in [1.29, 1.82) is 0 Å². The molecule has 0 saturated heterocycles. The normalized spacial score (nSPS) is 13.5. The van der Waals surface area contributed by atoms with Crippen molar-refractivity contribution in [3.63, 3.8) is 0 Å². The second kappa shape index (κ2) is 5.88. The van der Waals surface area contributed by atoms with Gasteiger partial charge >= 0.3 is 97.5 Å². The molecular weight excluding hydrogens is 296 g/mol. The van der Waals surface area contributed by atoms with Crippen LogP contribution in [0.25, 0.3) is 0 Å². The van der Waals surface area contributed by atoms with Crippen LogP contribution in [0.4, 0.5) is 13.2 Å². The van der Waals surface area contributed by atoms with Crippen LogP contribution >= 0.6 is 0 Å². The number of hydrogen-bond donors (Lipinski definition) is 0. The Morgan fingerprint density at radius 1 is 1.43 bits per heavy atom. The van der Waals surface area contributed by atoms with Crippen LogP contribution in [0.1, 0.15) is 27.2 Å². The number of halogens is 3. The maximum atomic E-state index is 12.1. The summed E-state index contributed by atoms with van der Waals surface area (Å²) in [4.78, 5) is 4.15. The summed E-state index contributed by atoms with van der Waals surface area (Å²) in [6.07, 6.45) is -3.58. The SMILES string of the molecule is CCC(=NC(C)C)[N]([In])CC(F)(F)F. The van der Waals surface area contributed by atoms with Crippen molar-refractivity contribution < 1.29 is 13.2 Å². The third-order valence-electron chi connectivity index (χ3n) is 1.40. The van der Waals surface area contributed by atoms with E-state index >= 15 is 0 Å². The van der Waals surface area contributed by atoms with Gasteiger partial charge in [0.2, 0.25) is 0 Å². The Bertz CT molecular complexity index is 201. The molecule has 0 aromatic heterocycles. The fourth-order valence-electron chi connectivity index (χ4n) is 0.951. The fraction of sp³-hybridized carbons (Fsp3) is 0.875. The van der Waals surface area contributed by atoms with Gasteiger partial charge in [-0.1, -0.05) is 0 Å². The molecule has 0 aliphatic carbocycles. The second-order valence-electron chi connectivity index (χ2n) is 3.24. The molecule has 0 atom stereocenters. The average molecular weight is 310 g/mol. The number of amidine groups is 1. The first-order chi connectivity index (χ1) is 6.26. The van der Waals surface area contributed by atoms with Crippen LogP contribution in [0.15, 0.2) is 4.99 Å². The van der Waals surface area contributed by atoms with Gasteiger partial charge in [-0.05, 0) is 0 Å². The minimum absolute atomic E-state index is 0.0492. The van der Waals surface area contributed by atoms with Crippen LogP contribution in [-0.4, -0.2) is 52.1 Å². The van der Waals surface area contributed by atoms with Gasteiger partial charge in [-0.2, -0.15) is 0 Å². The molecule has 0 aliphatic rings. The van der Waals surface area contributed by atoms with Crippen LogP contribution in [-0.2, 0) is 0 Å². The third kappa shape index (κ3) is 6.56. The van der Waals surface area contributed by atoms with E-state index in [9.17, 15) is 13.2 Å². The summed E-state index contributed by atoms with van der Waals surface area (Å²) in [6.45, 7) is 4.66. The summed E-state index contributed by atoms with van der Waals surface area (Å²) in [5.74, 6) is 0.555. The molecule has 0 amide bonds. The Morgan fingerprint density at radius 2 is 1.93 bits per heavy atom. The molecule has 0 aromatic carbocycles. The third-order valence-corrected chi connectivity index (χ3v) is 2.78. The zero-order chi connectivity index (χ0) is 11.4. The van der Waals surface area contributed by atoms with Crippen molar-refractivity contribution in [2.45, 2.75) is 39.4 Å². The number of nitrogens with zero attached hydrogens (tertiary/aromatic N) is 2. The summed E-state index contributed by atoms with van der Waals surface area (Å²) >= 11 is 0.419. The molecule has 0 heterocycles. The van der Waals surface area contributed by atoms with E-state index in [1.807, 2.05) is 20.8 Å². The molecule has 80 valence electrons. The van der Waals surface area contributed by atoms with Gasteiger partial charge in [0.15, 0.2) is 0 Å². The van der Waals surface area contributed by atoms with Gasteiger partial charge in [-0.3, -0.25) is 0 Å². The first kappa shape index (κ1) is 14.1. The minimum atomic E-state index is -4.13. The Labute approximate surface area is 97.5 Å². The Balaban J connectivity index is 4.40. The molecule has 6 heteroatoms. The fourth-order valence-corrected chi connectivity index (χ4v) is 2.25. The van der Waals surface area contributed by atoms with Gasteiger partial charge in [-0.15, -0.1) is 0 Å². The molecule has 2 nitrogen and oxygen atoms in total. The first-order valence-corrected chi connectivity index (χ1v) is 5.89. The molecule has 14 heavy (non-hydrogen) atoms. The van der Waals surface area contributed by atoms with Gasteiger partial charge in [0, 0.05) is 0 Å². The predicted molar refractivity (Wildman–Crippen MR) is 51.4 cm³/mol. The van der Waals surface area contributed by atoms with Gasteiger partial charge in [0.05, 0.1) is 0 Å². The molecule has 0 aromatic rings. The van der Waals surface area contributed by atoms with Crippen LogP contribution in [0, 0.1) is 0 Å². The first-order valence-electron chi connectivity index (χ1n) is 4.42. The summed E-state index contributed by atoms with van der Waals surface area (Å²) in [5.41, 5.74) is 0. The summed E-state index contributed by atoms with van der Waals surface area (Å²) in [6, 6.07) is 0.0492. The molecule has 0 rings (SSSR count). The Kier molecular flexibility index (Phi) is 5.93. The molecule has 0 aliphatic heterocycles. The number of rotatable bonds is 3. The van der Waals surface area contributed by atoms with Crippen LogP contribution in [0.5, 0.6) is 0 Å². The van der Waals surface area contributed by atoms with E-state index in [0.717, 1.165) is 0 Å². The van der Waals surface area contributed by atoms with E-state index in [0.29, 0.717) is 36.9 Å². The van der Waals surface area contributed by atoms with E-state index in [-0.39, 0.29) is 6.04 Å². The number of alkyl halides is 3. The number of hydrogen-bond acceptors (Lipinski definition) is 1. The topological polar surface area (TPSA) is 15.6 Å². The molecule has 0 N–H and O–H groups in total.